The molecule has 1 N–H and O–H groups in total. The molecule has 0 saturated carbocycles. The van der Waals surface area contributed by atoms with Crippen molar-refractivity contribution >= 4 is 17.7 Å². The van der Waals surface area contributed by atoms with Gasteiger partial charge in [-0.25, -0.2) is 0 Å². The van der Waals surface area contributed by atoms with Crippen molar-refractivity contribution in [3.8, 4) is 0 Å². The maximum absolute atomic E-state index is 10.8. The van der Waals surface area contributed by atoms with E-state index in [4.69, 9.17) is 9.84 Å². The first kappa shape index (κ1) is 16.3. The second-order valence-corrected chi connectivity index (χ2v) is 7.22. The van der Waals surface area contributed by atoms with Crippen LogP contribution in [0.15, 0.2) is 5.16 Å². The second-order valence-electron chi connectivity index (χ2n) is 6.28. The van der Waals surface area contributed by atoms with Gasteiger partial charge in [-0.1, -0.05) is 11.8 Å². The molecule has 0 aromatic carbocycles. The number of carboxylic acids is 1. The molecule has 0 aliphatic carbocycles. The predicted molar refractivity (Wildman–Crippen MR) is 80.7 cm³/mol. The van der Waals surface area contributed by atoms with Crippen molar-refractivity contribution in [2.75, 3.05) is 12.4 Å². The van der Waals surface area contributed by atoms with Crippen LogP contribution in [0.4, 0.5) is 0 Å². The molecule has 1 aromatic rings. The molecule has 1 unspecified atom stereocenters. The molecular formula is C14H23N3O3S. The standard InChI is InChI=1S/C14H23N3O3S/c1-14(2,3)17-11(8-10-6-4-5-7-20-10)15-16-13(17)21-9-12(18)19/h10H,4-9H2,1-3H3,(H,18,19). The molecule has 21 heavy (non-hydrogen) atoms. The number of hydrogen-bond donors (Lipinski definition) is 1. The number of ether oxygens (including phenoxy) is 1. The van der Waals surface area contributed by atoms with E-state index in [2.05, 4.69) is 31.0 Å². The summed E-state index contributed by atoms with van der Waals surface area (Å²) in [7, 11) is 0. The number of hydrogen-bond acceptors (Lipinski definition) is 5. The Kier molecular flexibility index (Phi) is 5.27. The molecule has 0 radical (unpaired) electrons. The summed E-state index contributed by atoms with van der Waals surface area (Å²) in [6.07, 6.45) is 4.30. The number of carboxylic acid groups (broad SMARTS) is 1. The van der Waals surface area contributed by atoms with Crippen molar-refractivity contribution in [2.24, 2.45) is 0 Å². The van der Waals surface area contributed by atoms with Crippen molar-refractivity contribution in [3.63, 3.8) is 0 Å². The number of rotatable bonds is 5. The van der Waals surface area contributed by atoms with Gasteiger partial charge in [-0.3, -0.25) is 4.79 Å². The Labute approximate surface area is 129 Å². The van der Waals surface area contributed by atoms with Gasteiger partial charge in [0.05, 0.1) is 11.9 Å². The number of nitrogens with zero attached hydrogens (tertiary/aromatic N) is 3. The van der Waals surface area contributed by atoms with E-state index in [-0.39, 0.29) is 17.4 Å². The highest BCUT2D eigenvalue weighted by molar-refractivity contribution is 7.99. The Bertz CT molecular complexity index is 490. The molecule has 6 nitrogen and oxygen atoms in total. The monoisotopic (exact) mass is 313 g/mol. The zero-order chi connectivity index (χ0) is 15.5. The maximum Gasteiger partial charge on any atom is 0.313 e. The molecule has 1 atom stereocenters. The smallest absolute Gasteiger partial charge is 0.313 e. The minimum Gasteiger partial charge on any atom is -0.481 e. The molecule has 118 valence electrons. The van der Waals surface area contributed by atoms with Crippen molar-refractivity contribution in [2.45, 2.75) is 63.3 Å². The fourth-order valence-corrected chi connectivity index (χ4v) is 3.36. The van der Waals surface area contributed by atoms with E-state index < -0.39 is 5.97 Å². The van der Waals surface area contributed by atoms with E-state index in [1.165, 1.54) is 18.2 Å². The highest BCUT2D eigenvalue weighted by Gasteiger charge is 2.26. The van der Waals surface area contributed by atoms with Crippen LogP contribution in [-0.2, 0) is 21.5 Å². The molecule has 0 bridgehead atoms. The van der Waals surface area contributed by atoms with Crippen LogP contribution in [0, 0.1) is 0 Å². The molecular weight excluding hydrogens is 290 g/mol. The van der Waals surface area contributed by atoms with Gasteiger partial charge in [-0.05, 0) is 40.0 Å². The highest BCUT2D eigenvalue weighted by atomic mass is 32.2. The lowest BCUT2D eigenvalue weighted by atomic mass is 10.0. The molecule has 2 rings (SSSR count). The van der Waals surface area contributed by atoms with Crippen LogP contribution in [0.5, 0.6) is 0 Å². The highest BCUT2D eigenvalue weighted by Crippen LogP contribution is 2.27. The van der Waals surface area contributed by atoms with Crippen LogP contribution in [0.3, 0.4) is 0 Å². The zero-order valence-corrected chi connectivity index (χ0v) is 13.7. The third kappa shape index (κ3) is 4.44. The molecule has 1 saturated heterocycles. The Hall–Kier alpha value is -1.08. The van der Waals surface area contributed by atoms with Gasteiger partial charge in [0, 0.05) is 18.6 Å². The van der Waals surface area contributed by atoms with Gasteiger partial charge in [0.1, 0.15) is 5.82 Å². The van der Waals surface area contributed by atoms with E-state index in [9.17, 15) is 4.79 Å². The first-order valence-corrected chi connectivity index (χ1v) is 8.27. The summed E-state index contributed by atoms with van der Waals surface area (Å²) in [6.45, 7) is 7.04. The van der Waals surface area contributed by atoms with Gasteiger partial charge in [0.2, 0.25) is 0 Å². The second kappa shape index (κ2) is 6.79. The minimum absolute atomic E-state index is 0.00581. The Morgan fingerprint density at radius 3 is 2.76 bits per heavy atom. The Morgan fingerprint density at radius 2 is 2.19 bits per heavy atom. The van der Waals surface area contributed by atoms with Crippen LogP contribution in [-0.4, -0.2) is 44.3 Å². The number of thioether (sulfide) groups is 1. The molecule has 1 aliphatic heterocycles. The van der Waals surface area contributed by atoms with Crippen molar-refractivity contribution < 1.29 is 14.6 Å². The molecule has 7 heteroatoms. The van der Waals surface area contributed by atoms with E-state index >= 15 is 0 Å². The van der Waals surface area contributed by atoms with Gasteiger partial charge < -0.3 is 14.4 Å². The number of aromatic nitrogens is 3. The lowest BCUT2D eigenvalue weighted by Gasteiger charge is -2.27. The lowest BCUT2D eigenvalue weighted by molar-refractivity contribution is -0.133. The fraction of sp³-hybridized carbons (Fsp3) is 0.786. The largest absolute Gasteiger partial charge is 0.481 e. The van der Waals surface area contributed by atoms with Crippen molar-refractivity contribution in [3.05, 3.63) is 5.82 Å². The molecule has 1 aliphatic rings. The summed E-state index contributed by atoms with van der Waals surface area (Å²) in [5.74, 6) is 0.0247. The van der Waals surface area contributed by atoms with Gasteiger partial charge in [0.15, 0.2) is 5.16 Å². The Morgan fingerprint density at radius 1 is 1.43 bits per heavy atom. The average Bonchev–Trinajstić information content (AvgIpc) is 2.80. The molecule has 2 heterocycles. The van der Waals surface area contributed by atoms with E-state index in [0.717, 1.165) is 31.7 Å². The summed E-state index contributed by atoms with van der Waals surface area (Å²) >= 11 is 1.21. The quantitative estimate of drug-likeness (QED) is 0.841. The predicted octanol–water partition coefficient (Wildman–Crippen LogP) is 2.32. The van der Waals surface area contributed by atoms with E-state index in [1.54, 1.807) is 0 Å². The van der Waals surface area contributed by atoms with Gasteiger partial charge in [-0.2, -0.15) is 0 Å². The van der Waals surface area contributed by atoms with E-state index in [0.29, 0.717) is 5.16 Å². The SMILES string of the molecule is CC(C)(C)n1c(CC2CCCCO2)nnc1SCC(=O)O. The van der Waals surface area contributed by atoms with E-state index in [1.807, 2.05) is 4.57 Å². The van der Waals surface area contributed by atoms with Crippen molar-refractivity contribution in [1.82, 2.24) is 14.8 Å². The van der Waals surface area contributed by atoms with Crippen LogP contribution >= 0.6 is 11.8 Å². The Balaban J connectivity index is 2.17. The molecule has 1 fully saturated rings. The molecule has 1 aromatic heterocycles. The van der Waals surface area contributed by atoms with Crippen LogP contribution in [0.25, 0.3) is 0 Å². The lowest BCUT2D eigenvalue weighted by Crippen LogP contribution is -2.29. The average molecular weight is 313 g/mol. The fourth-order valence-electron chi connectivity index (χ4n) is 2.50. The first-order valence-electron chi connectivity index (χ1n) is 7.29. The van der Waals surface area contributed by atoms with Crippen LogP contribution in [0.2, 0.25) is 0 Å². The summed E-state index contributed by atoms with van der Waals surface area (Å²) < 4.78 is 7.82. The van der Waals surface area contributed by atoms with Crippen LogP contribution in [0.1, 0.15) is 45.9 Å². The zero-order valence-electron chi connectivity index (χ0n) is 12.8. The van der Waals surface area contributed by atoms with Crippen molar-refractivity contribution in [1.29, 1.82) is 0 Å². The van der Waals surface area contributed by atoms with Gasteiger partial charge in [0.25, 0.3) is 0 Å². The summed E-state index contributed by atoms with van der Waals surface area (Å²) in [5.41, 5.74) is -0.186. The summed E-state index contributed by atoms with van der Waals surface area (Å²) in [6, 6.07) is 0. The number of carbonyl (C=O) groups is 1. The van der Waals surface area contributed by atoms with Gasteiger partial charge >= 0.3 is 5.97 Å². The number of aliphatic carboxylic acids is 1. The molecule has 0 spiro atoms. The normalized spacial score (nSPS) is 19.7. The minimum atomic E-state index is -0.847. The van der Waals surface area contributed by atoms with Crippen LogP contribution < -0.4 is 0 Å². The summed E-state index contributed by atoms with van der Waals surface area (Å²) in [4.78, 5) is 10.8. The summed E-state index contributed by atoms with van der Waals surface area (Å²) in [5, 5.41) is 18.0. The molecule has 0 amide bonds. The third-order valence-corrected chi connectivity index (χ3v) is 4.29. The first-order chi connectivity index (χ1) is 9.88. The third-order valence-electron chi connectivity index (χ3n) is 3.38. The van der Waals surface area contributed by atoms with Gasteiger partial charge in [-0.15, -0.1) is 10.2 Å². The topological polar surface area (TPSA) is 77.2 Å². The maximum atomic E-state index is 10.8.